The molecular formula is C15H23NO4S. The van der Waals surface area contributed by atoms with Crippen molar-refractivity contribution in [2.45, 2.75) is 45.1 Å². The lowest BCUT2D eigenvalue weighted by atomic mass is 9.89. The van der Waals surface area contributed by atoms with Gasteiger partial charge in [-0.05, 0) is 30.0 Å². The molecule has 6 heteroatoms. The number of hydrogen-bond donors (Lipinski definition) is 1. The van der Waals surface area contributed by atoms with Gasteiger partial charge < -0.3 is 4.74 Å². The van der Waals surface area contributed by atoms with E-state index in [2.05, 4.69) is 9.46 Å². The Morgan fingerprint density at radius 3 is 2.19 bits per heavy atom. The molecule has 21 heavy (non-hydrogen) atoms. The highest BCUT2D eigenvalue weighted by Crippen LogP contribution is 2.21. The fraction of sp³-hybridized carbons (Fsp3) is 0.533. The molecule has 1 rings (SSSR count). The van der Waals surface area contributed by atoms with Crippen LogP contribution in [0.5, 0.6) is 0 Å². The molecule has 5 nitrogen and oxygen atoms in total. The number of esters is 1. The lowest BCUT2D eigenvalue weighted by Gasteiger charge is -2.27. The Labute approximate surface area is 126 Å². The minimum absolute atomic E-state index is 0.128. The van der Waals surface area contributed by atoms with Gasteiger partial charge in [0, 0.05) is 6.04 Å². The molecule has 0 aliphatic heterocycles. The van der Waals surface area contributed by atoms with Crippen molar-refractivity contribution in [3.63, 3.8) is 0 Å². The maximum Gasteiger partial charge on any atom is 0.309 e. The van der Waals surface area contributed by atoms with E-state index in [0.717, 1.165) is 0 Å². The molecule has 0 saturated heterocycles. The number of rotatable bonds is 5. The average molecular weight is 313 g/mol. The van der Waals surface area contributed by atoms with E-state index in [-0.39, 0.29) is 28.7 Å². The highest BCUT2D eigenvalue weighted by Gasteiger charge is 2.25. The second kappa shape index (κ2) is 6.58. The molecule has 0 aliphatic carbocycles. The Hall–Kier alpha value is -1.40. The van der Waals surface area contributed by atoms with Crippen molar-refractivity contribution in [1.82, 2.24) is 4.72 Å². The lowest BCUT2D eigenvalue weighted by molar-refractivity contribution is -0.139. The number of ether oxygens (including phenoxy) is 1. The molecule has 0 spiro atoms. The number of nitrogens with one attached hydrogen (secondary N) is 1. The Kier molecular flexibility index (Phi) is 5.53. The van der Waals surface area contributed by atoms with E-state index in [1.807, 2.05) is 27.7 Å². The Morgan fingerprint density at radius 1 is 1.24 bits per heavy atom. The maximum absolute atomic E-state index is 12.3. The number of benzene rings is 1. The van der Waals surface area contributed by atoms with Gasteiger partial charge in [-0.3, -0.25) is 4.79 Å². The number of sulfonamides is 1. The maximum atomic E-state index is 12.3. The predicted octanol–water partition coefficient (Wildman–Crippen LogP) is 2.11. The third-order valence-electron chi connectivity index (χ3n) is 3.44. The van der Waals surface area contributed by atoms with Crippen molar-refractivity contribution >= 4 is 16.0 Å². The first-order valence-electron chi connectivity index (χ1n) is 6.74. The van der Waals surface area contributed by atoms with E-state index in [1.165, 1.54) is 19.2 Å². The predicted molar refractivity (Wildman–Crippen MR) is 81.4 cm³/mol. The van der Waals surface area contributed by atoms with Crippen molar-refractivity contribution in [3.05, 3.63) is 29.8 Å². The molecular weight excluding hydrogens is 290 g/mol. The molecule has 0 aromatic heterocycles. The van der Waals surface area contributed by atoms with Gasteiger partial charge in [-0.2, -0.15) is 0 Å². The molecule has 0 aliphatic rings. The largest absolute Gasteiger partial charge is 0.469 e. The van der Waals surface area contributed by atoms with Crippen LogP contribution in [0.25, 0.3) is 0 Å². The molecule has 118 valence electrons. The van der Waals surface area contributed by atoms with Gasteiger partial charge in [-0.25, -0.2) is 13.1 Å². The van der Waals surface area contributed by atoms with Crippen LogP contribution >= 0.6 is 0 Å². The van der Waals surface area contributed by atoms with E-state index < -0.39 is 10.0 Å². The normalized spacial score (nSPS) is 13.8. The van der Waals surface area contributed by atoms with Gasteiger partial charge in [-0.1, -0.05) is 32.9 Å². The van der Waals surface area contributed by atoms with Gasteiger partial charge >= 0.3 is 5.97 Å². The summed E-state index contributed by atoms with van der Waals surface area (Å²) < 4.78 is 31.8. The summed E-state index contributed by atoms with van der Waals surface area (Å²) in [6.45, 7) is 7.75. The van der Waals surface area contributed by atoms with E-state index in [0.29, 0.717) is 5.56 Å². The average Bonchev–Trinajstić information content (AvgIpc) is 2.37. The summed E-state index contributed by atoms with van der Waals surface area (Å²) >= 11 is 0. The van der Waals surface area contributed by atoms with Gasteiger partial charge in [0.25, 0.3) is 0 Å². The minimum Gasteiger partial charge on any atom is -0.469 e. The minimum atomic E-state index is -3.56. The molecule has 0 saturated carbocycles. The summed E-state index contributed by atoms with van der Waals surface area (Å²) in [7, 11) is -2.24. The molecule has 0 bridgehead atoms. The van der Waals surface area contributed by atoms with E-state index in [1.54, 1.807) is 12.1 Å². The first-order chi connectivity index (χ1) is 9.56. The fourth-order valence-corrected chi connectivity index (χ4v) is 2.95. The van der Waals surface area contributed by atoms with Gasteiger partial charge in [0.2, 0.25) is 10.0 Å². The molecule has 1 atom stereocenters. The zero-order valence-electron chi connectivity index (χ0n) is 13.1. The zero-order chi connectivity index (χ0) is 16.3. The molecule has 1 unspecified atom stereocenters. The van der Waals surface area contributed by atoms with Crippen LogP contribution < -0.4 is 4.72 Å². The number of methoxy groups -OCH3 is 1. The second-order valence-corrected chi connectivity index (χ2v) is 7.82. The van der Waals surface area contributed by atoms with Crippen molar-refractivity contribution in [1.29, 1.82) is 0 Å². The van der Waals surface area contributed by atoms with Crippen LogP contribution in [-0.4, -0.2) is 27.5 Å². The number of carbonyl (C=O) groups is 1. The third-order valence-corrected chi connectivity index (χ3v) is 5.00. The van der Waals surface area contributed by atoms with Crippen LogP contribution in [0.2, 0.25) is 0 Å². The lowest BCUT2D eigenvalue weighted by Crippen LogP contribution is -2.41. The second-order valence-electron chi connectivity index (χ2n) is 6.11. The number of carbonyl (C=O) groups excluding carboxylic acids is 1. The molecule has 1 aromatic rings. The van der Waals surface area contributed by atoms with Crippen LogP contribution in [-0.2, 0) is 26.0 Å². The quantitative estimate of drug-likeness (QED) is 0.845. The van der Waals surface area contributed by atoms with E-state index in [9.17, 15) is 13.2 Å². The van der Waals surface area contributed by atoms with Crippen LogP contribution in [0.1, 0.15) is 33.3 Å². The van der Waals surface area contributed by atoms with Crippen LogP contribution in [0.3, 0.4) is 0 Å². The Balaban J connectivity index is 2.88. The summed E-state index contributed by atoms with van der Waals surface area (Å²) in [5.41, 5.74) is 0.544. The first-order valence-corrected chi connectivity index (χ1v) is 8.22. The highest BCUT2D eigenvalue weighted by atomic mass is 32.2. The van der Waals surface area contributed by atoms with Gasteiger partial charge in [0.1, 0.15) is 0 Å². The molecule has 1 N–H and O–H groups in total. The van der Waals surface area contributed by atoms with E-state index in [4.69, 9.17) is 0 Å². The fourth-order valence-electron chi connectivity index (χ4n) is 1.50. The summed E-state index contributed by atoms with van der Waals surface area (Å²) in [6.07, 6.45) is 0.128. The summed E-state index contributed by atoms with van der Waals surface area (Å²) in [5.74, 6) is -0.356. The topological polar surface area (TPSA) is 72.5 Å². The molecule has 0 fully saturated rings. The molecule has 0 radical (unpaired) electrons. The van der Waals surface area contributed by atoms with Crippen LogP contribution in [0, 0.1) is 5.41 Å². The van der Waals surface area contributed by atoms with Crippen LogP contribution in [0.15, 0.2) is 29.2 Å². The summed E-state index contributed by atoms with van der Waals surface area (Å²) in [6, 6.07) is 6.03. The smallest absolute Gasteiger partial charge is 0.309 e. The molecule has 0 heterocycles. The van der Waals surface area contributed by atoms with Crippen molar-refractivity contribution in [2.24, 2.45) is 5.41 Å². The third kappa shape index (κ3) is 5.13. The first kappa shape index (κ1) is 17.7. The standard InChI is InChI=1S/C15H23NO4S/c1-11(15(2,3)4)16-21(18,19)13-8-6-12(7-9-13)10-14(17)20-5/h6-9,11,16H,10H2,1-5H3. The Morgan fingerprint density at radius 2 is 1.76 bits per heavy atom. The highest BCUT2D eigenvalue weighted by molar-refractivity contribution is 7.89. The summed E-state index contributed by atoms with van der Waals surface area (Å²) in [5, 5.41) is 0. The molecule has 1 aromatic carbocycles. The Bertz CT molecular complexity index is 585. The van der Waals surface area contributed by atoms with Gasteiger partial charge in [0.05, 0.1) is 18.4 Å². The summed E-state index contributed by atoms with van der Waals surface area (Å²) in [4.78, 5) is 11.4. The van der Waals surface area contributed by atoms with Crippen LogP contribution in [0.4, 0.5) is 0 Å². The molecule has 0 amide bonds. The number of hydrogen-bond acceptors (Lipinski definition) is 4. The van der Waals surface area contributed by atoms with E-state index >= 15 is 0 Å². The van der Waals surface area contributed by atoms with Gasteiger partial charge in [-0.15, -0.1) is 0 Å². The van der Waals surface area contributed by atoms with Crippen molar-refractivity contribution in [2.75, 3.05) is 7.11 Å². The van der Waals surface area contributed by atoms with Gasteiger partial charge in [0.15, 0.2) is 0 Å². The monoisotopic (exact) mass is 313 g/mol. The zero-order valence-corrected chi connectivity index (χ0v) is 14.0. The van der Waals surface area contributed by atoms with Crippen molar-refractivity contribution in [3.8, 4) is 0 Å². The van der Waals surface area contributed by atoms with Crippen molar-refractivity contribution < 1.29 is 17.9 Å². The SMILES string of the molecule is COC(=O)Cc1ccc(S(=O)(=O)NC(C)C(C)(C)C)cc1.